The molecule has 0 aliphatic heterocycles. The van der Waals surface area contributed by atoms with Crippen LogP contribution < -0.4 is 20.1 Å². The molecule has 146 valence electrons. The molecule has 5 heteroatoms. The van der Waals surface area contributed by atoms with Gasteiger partial charge in [-0.05, 0) is 41.0 Å². The number of hydrogen-bond acceptors (Lipinski definition) is 4. The summed E-state index contributed by atoms with van der Waals surface area (Å²) in [5.74, 6) is 1.27. The minimum atomic E-state index is -0.0538. The first-order chi connectivity index (χ1) is 13.6. The maximum absolute atomic E-state index is 12.3. The summed E-state index contributed by atoms with van der Waals surface area (Å²) in [7, 11) is 3.20. The molecule has 0 unspecified atom stereocenters. The second kappa shape index (κ2) is 9.24. The van der Waals surface area contributed by atoms with E-state index in [9.17, 15) is 4.79 Å². The molecule has 0 fully saturated rings. The third-order valence-corrected chi connectivity index (χ3v) is 4.80. The highest BCUT2D eigenvalue weighted by Gasteiger charge is 2.11. The first kappa shape index (κ1) is 19.7. The molecule has 5 nitrogen and oxygen atoms in total. The zero-order chi connectivity index (χ0) is 19.9. The first-order valence-electron chi connectivity index (χ1n) is 9.31. The summed E-state index contributed by atoms with van der Waals surface area (Å²) in [5, 5.41) is 8.65. The molecule has 0 aliphatic carbocycles. The fraction of sp³-hybridized carbons (Fsp3) is 0.261. The number of benzene rings is 3. The van der Waals surface area contributed by atoms with Crippen LogP contribution >= 0.6 is 0 Å². The van der Waals surface area contributed by atoms with Gasteiger partial charge >= 0.3 is 0 Å². The number of carbonyl (C=O) groups excluding carboxylic acids is 1. The van der Waals surface area contributed by atoms with Crippen molar-refractivity contribution in [1.29, 1.82) is 0 Å². The Balaban J connectivity index is 1.55. The van der Waals surface area contributed by atoms with E-state index in [2.05, 4.69) is 41.8 Å². The van der Waals surface area contributed by atoms with E-state index in [0.717, 1.165) is 5.56 Å². The fourth-order valence-electron chi connectivity index (χ4n) is 3.24. The number of hydrogen-bond donors (Lipinski definition) is 2. The van der Waals surface area contributed by atoms with Gasteiger partial charge in [-0.1, -0.05) is 48.5 Å². The third-order valence-electron chi connectivity index (χ3n) is 4.80. The second-order valence-corrected chi connectivity index (χ2v) is 6.64. The highest BCUT2D eigenvalue weighted by atomic mass is 16.5. The zero-order valence-electron chi connectivity index (χ0n) is 16.5. The maximum Gasteiger partial charge on any atom is 0.234 e. The predicted molar refractivity (Wildman–Crippen MR) is 112 cm³/mol. The van der Waals surface area contributed by atoms with Crippen LogP contribution in [-0.2, 0) is 11.3 Å². The van der Waals surface area contributed by atoms with Crippen LogP contribution in [0.15, 0.2) is 60.7 Å². The molecule has 3 rings (SSSR count). The Kier molecular flexibility index (Phi) is 6.50. The van der Waals surface area contributed by atoms with Gasteiger partial charge in [0.1, 0.15) is 0 Å². The van der Waals surface area contributed by atoms with Crippen molar-refractivity contribution >= 4 is 16.7 Å². The van der Waals surface area contributed by atoms with Gasteiger partial charge in [-0.15, -0.1) is 0 Å². The number of carbonyl (C=O) groups is 1. The summed E-state index contributed by atoms with van der Waals surface area (Å²) in [6.45, 7) is 2.75. The number of amides is 1. The summed E-state index contributed by atoms with van der Waals surface area (Å²) >= 11 is 0. The summed E-state index contributed by atoms with van der Waals surface area (Å²) < 4.78 is 10.5. The Morgan fingerprint density at radius 2 is 1.71 bits per heavy atom. The number of nitrogens with one attached hydrogen (secondary N) is 2. The van der Waals surface area contributed by atoms with E-state index in [0.29, 0.717) is 18.0 Å². The molecule has 3 aromatic rings. The van der Waals surface area contributed by atoms with Gasteiger partial charge in [-0.2, -0.15) is 0 Å². The molecule has 3 aromatic carbocycles. The number of fused-ring (bicyclic) bond motifs is 1. The standard InChI is InChI=1S/C23H26N2O3/c1-16(19-10-6-8-18-7-4-5-9-20(18)19)24-15-23(26)25-14-17-11-12-21(27-2)22(13-17)28-3/h4-13,16,24H,14-15H2,1-3H3,(H,25,26)/t16-/m0/s1. The molecule has 0 spiro atoms. The van der Waals surface area contributed by atoms with Gasteiger partial charge in [0.15, 0.2) is 11.5 Å². The van der Waals surface area contributed by atoms with Crippen LogP contribution in [0, 0.1) is 0 Å². The van der Waals surface area contributed by atoms with E-state index >= 15 is 0 Å². The molecule has 1 amide bonds. The highest BCUT2D eigenvalue weighted by Crippen LogP contribution is 2.27. The van der Waals surface area contributed by atoms with E-state index in [1.807, 2.05) is 36.4 Å². The monoisotopic (exact) mass is 378 g/mol. The number of methoxy groups -OCH3 is 2. The van der Waals surface area contributed by atoms with Gasteiger partial charge < -0.3 is 20.1 Å². The number of rotatable bonds is 8. The lowest BCUT2D eigenvalue weighted by molar-refractivity contribution is -0.120. The number of ether oxygens (including phenoxy) is 2. The molecule has 0 radical (unpaired) electrons. The molecule has 28 heavy (non-hydrogen) atoms. The zero-order valence-corrected chi connectivity index (χ0v) is 16.5. The second-order valence-electron chi connectivity index (χ2n) is 6.64. The van der Waals surface area contributed by atoms with E-state index in [4.69, 9.17) is 9.47 Å². The Labute approximate surface area is 165 Å². The molecule has 0 aromatic heterocycles. The van der Waals surface area contributed by atoms with E-state index < -0.39 is 0 Å². The molecule has 0 bridgehead atoms. The molecule has 0 heterocycles. The lowest BCUT2D eigenvalue weighted by Gasteiger charge is -2.16. The van der Waals surface area contributed by atoms with Crippen LogP contribution in [0.5, 0.6) is 11.5 Å². The van der Waals surface area contributed by atoms with E-state index in [1.165, 1.54) is 16.3 Å². The van der Waals surface area contributed by atoms with Gasteiger partial charge in [0.25, 0.3) is 0 Å². The third kappa shape index (κ3) is 4.61. The van der Waals surface area contributed by atoms with Crippen LogP contribution in [-0.4, -0.2) is 26.7 Å². The Hall–Kier alpha value is -3.05. The van der Waals surface area contributed by atoms with Gasteiger partial charge in [0.2, 0.25) is 5.91 Å². The van der Waals surface area contributed by atoms with Gasteiger partial charge in [-0.3, -0.25) is 4.79 Å². The van der Waals surface area contributed by atoms with Crippen LogP contribution in [0.25, 0.3) is 10.8 Å². The van der Waals surface area contributed by atoms with E-state index in [-0.39, 0.29) is 18.5 Å². The normalized spacial score (nSPS) is 11.8. The fourth-order valence-corrected chi connectivity index (χ4v) is 3.24. The summed E-state index contributed by atoms with van der Waals surface area (Å²) in [4.78, 5) is 12.3. The van der Waals surface area contributed by atoms with Crippen LogP contribution in [0.4, 0.5) is 0 Å². The average molecular weight is 378 g/mol. The SMILES string of the molecule is COc1ccc(CNC(=O)CN[C@@H](C)c2cccc3ccccc23)cc1OC. The van der Waals surface area contributed by atoms with Crippen LogP contribution in [0.2, 0.25) is 0 Å². The first-order valence-corrected chi connectivity index (χ1v) is 9.31. The predicted octanol–water partition coefficient (Wildman–Crippen LogP) is 3.82. The van der Waals surface area contributed by atoms with Crippen molar-refractivity contribution < 1.29 is 14.3 Å². The van der Waals surface area contributed by atoms with Gasteiger partial charge in [0, 0.05) is 12.6 Å². The Morgan fingerprint density at radius 1 is 0.964 bits per heavy atom. The lowest BCUT2D eigenvalue weighted by atomic mass is 10.00. The topological polar surface area (TPSA) is 59.6 Å². The molecule has 0 saturated carbocycles. The molecular formula is C23H26N2O3. The van der Waals surface area contributed by atoms with Crippen LogP contribution in [0.1, 0.15) is 24.1 Å². The Morgan fingerprint density at radius 3 is 2.50 bits per heavy atom. The summed E-state index contributed by atoms with van der Waals surface area (Å²) in [5.41, 5.74) is 2.14. The van der Waals surface area contributed by atoms with Crippen LogP contribution in [0.3, 0.4) is 0 Å². The average Bonchev–Trinajstić information content (AvgIpc) is 2.75. The van der Waals surface area contributed by atoms with E-state index in [1.54, 1.807) is 14.2 Å². The minimum Gasteiger partial charge on any atom is -0.493 e. The van der Waals surface area contributed by atoms with Crippen molar-refractivity contribution in [3.8, 4) is 11.5 Å². The molecule has 0 saturated heterocycles. The van der Waals surface area contributed by atoms with Crippen molar-refractivity contribution in [2.75, 3.05) is 20.8 Å². The van der Waals surface area contributed by atoms with Gasteiger partial charge in [-0.25, -0.2) is 0 Å². The Bertz CT molecular complexity index is 950. The van der Waals surface area contributed by atoms with Crippen molar-refractivity contribution in [2.45, 2.75) is 19.5 Å². The van der Waals surface area contributed by atoms with Crippen molar-refractivity contribution in [1.82, 2.24) is 10.6 Å². The lowest BCUT2D eigenvalue weighted by Crippen LogP contribution is -2.34. The molecule has 2 N–H and O–H groups in total. The molecule has 0 aliphatic rings. The quantitative estimate of drug-likeness (QED) is 0.626. The van der Waals surface area contributed by atoms with Crippen molar-refractivity contribution in [3.05, 3.63) is 71.8 Å². The molecule has 1 atom stereocenters. The smallest absolute Gasteiger partial charge is 0.234 e. The summed E-state index contributed by atoms with van der Waals surface area (Å²) in [6.07, 6.45) is 0. The highest BCUT2D eigenvalue weighted by molar-refractivity contribution is 5.86. The largest absolute Gasteiger partial charge is 0.493 e. The maximum atomic E-state index is 12.3. The van der Waals surface area contributed by atoms with Crippen molar-refractivity contribution in [2.24, 2.45) is 0 Å². The minimum absolute atomic E-state index is 0.0538. The molecular weight excluding hydrogens is 352 g/mol. The van der Waals surface area contributed by atoms with Crippen molar-refractivity contribution in [3.63, 3.8) is 0 Å². The summed E-state index contributed by atoms with van der Waals surface area (Å²) in [6, 6.07) is 20.2. The van der Waals surface area contributed by atoms with Gasteiger partial charge in [0.05, 0.1) is 20.8 Å².